The molecule has 0 atom stereocenters. The van der Waals surface area contributed by atoms with Crippen LogP contribution in [0.15, 0.2) is 6.20 Å². The molecule has 0 aliphatic rings. The van der Waals surface area contributed by atoms with E-state index in [4.69, 9.17) is 70.2 Å². The fourth-order valence-corrected chi connectivity index (χ4v) is 2.85. The highest BCUT2D eigenvalue weighted by molar-refractivity contribution is 8.03. The lowest BCUT2D eigenvalue weighted by molar-refractivity contribution is 0.262. The van der Waals surface area contributed by atoms with Crippen molar-refractivity contribution < 1.29 is 9.50 Å². The van der Waals surface area contributed by atoms with Crippen molar-refractivity contribution in [2.45, 2.75) is 7.84 Å². The van der Waals surface area contributed by atoms with Crippen LogP contribution in [0.1, 0.15) is 0 Å². The number of rotatable bonds is 2. The quantitative estimate of drug-likeness (QED) is 0.615. The van der Waals surface area contributed by atoms with Gasteiger partial charge in [-0.3, -0.25) is 3.97 Å². The normalized spacial score (nSPS) is 13.1. The summed E-state index contributed by atoms with van der Waals surface area (Å²) >= 11 is 32.2. The highest BCUT2D eigenvalue weighted by atomic mass is 35.6. The number of hydrogen-bond donors (Lipinski definition) is 1. The van der Waals surface area contributed by atoms with Crippen LogP contribution < -0.4 is 0 Å². The van der Waals surface area contributed by atoms with Gasteiger partial charge in [-0.2, -0.15) is 4.39 Å². The second-order valence-electron chi connectivity index (χ2n) is 2.44. The van der Waals surface area contributed by atoms with Crippen molar-refractivity contribution >= 4 is 82.2 Å². The maximum Gasteiger partial charge on any atom is 0.345 e. The number of nitrogens with zero attached hydrogens (tertiary/aromatic N) is 2. The predicted molar refractivity (Wildman–Crippen MR) is 69.0 cm³/mol. The molecule has 16 heavy (non-hydrogen) atoms. The number of aromatic hydroxyl groups is 1. The van der Waals surface area contributed by atoms with E-state index < -0.39 is 13.7 Å². The first kappa shape index (κ1) is 15.0. The summed E-state index contributed by atoms with van der Waals surface area (Å²) in [4.78, 5) is 0. The molecular formula is C5H2Cl5FN2OS2. The van der Waals surface area contributed by atoms with Crippen LogP contribution in [-0.2, 0) is 4.71 Å². The van der Waals surface area contributed by atoms with Crippen LogP contribution in [0.4, 0.5) is 4.39 Å². The van der Waals surface area contributed by atoms with Crippen LogP contribution in [0.2, 0.25) is 0 Å². The third-order valence-electron chi connectivity index (χ3n) is 1.30. The summed E-state index contributed by atoms with van der Waals surface area (Å²) in [7, 11) is 0. The van der Waals surface area contributed by atoms with Crippen LogP contribution in [-0.4, -0.2) is 16.8 Å². The molecule has 0 saturated heterocycles. The predicted octanol–water partition coefficient (Wildman–Crippen LogP) is 4.56. The zero-order valence-electron chi connectivity index (χ0n) is 7.00. The van der Waals surface area contributed by atoms with Gasteiger partial charge in [0.05, 0.1) is 6.20 Å². The van der Waals surface area contributed by atoms with Gasteiger partial charge in [0.1, 0.15) is 0 Å². The van der Waals surface area contributed by atoms with E-state index >= 15 is 0 Å². The summed E-state index contributed by atoms with van der Waals surface area (Å²) < 4.78 is 9.88. The summed E-state index contributed by atoms with van der Waals surface area (Å²) in [6, 6.07) is 0. The maximum atomic E-state index is 13.2. The van der Waals surface area contributed by atoms with Gasteiger partial charge in [-0.1, -0.05) is 34.8 Å². The number of hydrogen-bond acceptors (Lipinski definition) is 3. The van der Waals surface area contributed by atoms with E-state index in [1.54, 1.807) is 0 Å². The smallest absolute Gasteiger partial charge is 0.345 e. The molecule has 1 aromatic rings. The number of halogens is 6. The van der Waals surface area contributed by atoms with Crippen molar-refractivity contribution in [2.24, 2.45) is 0 Å². The highest BCUT2D eigenvalue weighted by Gasteiger charge is 2.32. The molecule has 0 aliphatic carbocycles. The Bertz CT molecular complexity index is 447. The van der Waals surface area contributed by atoms with Gasteiger partial charge in [-0.25, -0.2) is 4.57 Å². The Labute approximate surface area is 124 Å². The first-order valence-electron chi connectivity index (χ1n) is 3.39. The number of aromatic nitrogens is 2. The van der Waals surface area contributed by atoms with Gasteiger partial charge in [0, 0.05) is 11.9 Å². The first-order chi connectivity index (χ1) is 7.02. The Morgan fingerprint density at radius 3 is 2.12 bits per heavy atom. The topological polar surface area (TPSA) is 30.1 Å². The van der Waals surface area contributed by atoms with Gasteiger partial charge < -0.3 is 5.11 Å². The molecule has 0 bridgehead atoms. The van der Waals surface area contributed by atoms with Gasteiger partial charge >= 0.3 is 4.71 Å². The molecule has 1 aromatic heterocycles. The van der Waals surface area contributed by atoms with Crippen molar-refractivity contribution in [1.82, 2.24) is 8.54 Å². The fourth-order valence-electron chi connectivity index (χ4n) is 0.830. The van der Waals surface area contributed by atoms with E-state index in [1.165, 1.54) is 0 Å². The average molecular weight is 366 g/mol. The molecule has 0 aromatic carbocycles. The van der Waals surface area contributed by atoms with Crippen molar-refractivity contribution in [1.29, 1.82) is 0 Å². The van der Waals surface area contributed by atoms with Gasteiger partial charge in [0.15, 0.2) is 4.77 Å². The van der Waals surface area contributed by atoms with Crippen LogP contribution in [0, 0.1) is 4.77 Å². The molecule has 1 heterocycles. The fraction of sp³-hybridized carbons (Fsp3) is 0.400. The molecular weight excluding hydrogens is 364 g/mol. The van der Waals surface area contributed by atoms with E-state index in [2.05, 4.69) is 0 Å². The highest BCUT2D eigenvalue weighted by Crippen LogP contribution is 2.42. The summed E-state index contributed by atoms with van der Waals surface area (Å²) in [5.74, 6) is -0.598. The van der Waals surface area contributed by atoms with Crippen LogP contribution in [0.3, 0.4) is 0 Å². The second kappa shape index (κ2) is 4.91. The largest absolute Gasteiger partial charge is 0.493 e. The molecule has 0 amide bonds. The van der Waals surface area contributed by atoms with Gasteiger partial charge in [0.25, 0.3) is 3.12 Å². The maximum absolute atomic E-state index is 13.2. The van der Waals surface area contributed by atoms with E-state index in [1.807, 2.05) is 0 Å². The third-order valence-corrected chi connectivity index (χ3v) is 3.43. The second-order valence-corrected chi connectivity index (χ2v) is 8.14. The molecule has 11 heteroatoms. The SMILES string of the molecule is Oc1cn(SC(Cl)(Cl)Cl)c(=S)n1C(F)(Cl)Cl. The lowest BCUT2D eigenvalue weighted by Crippen LogP contribution is -2.14. The van der Waals surface area contributed by atoms with Crippen LogP contribution in [0.25, 0.3) is 0 Å². The van der Waals surface area contributed by atoms with Crippen molar-refractivity contribution in [2.75, 3.05) is 0 Å². The Morgan fingerprint density at radius 2 is 1.81 bits per heavy atom. The van der Waals surface area contributed by atoms with E-state index in [0.717, 1.165) is 10.2 Å². The minimum absolute atomic E-state index is 0.249. The summed E-state index contributed by atoms with van der Waals surface area (Å²) in [5.41, 5.74) is 0. The summed E-state index contributed by atoms with van der Waals surface area (Å²) in [5, 5.41) is 9.37. The zero-order chi connectivity index (χ0) is 12.7. The molecule has 0 radical (unpaired) electrons. The molecule has 0 spiro atoms. The molecule has 0 aliphatic heterocycles. The lowest BCUT2D eigenvalue weighted by Gasteiger charge is -2.12. The molecule has 0 fully saturated rings. The molecule has 0 saturated carbocycles. The van der Waals surface area contributed by atoms with Gasteiger partial charge in [0.2, 0.25) is 5.88 Å². The van der Waals surface area contributed by atoms with Crippen LogP contribution >= 0.6 is 82.2 Å². The third kappa shape index (κ3) is 3.73. The van der Waals surface area contributed by atoms with Crippen molar-refractivity contribution in [3.63, 3.8) is 0 Å². The molecule has 1 N–H and O–H groups in total. The van der Waals surface area contributed by atoms with E-state index in [0.29, 0.717) is 16.5 Å². The molecule has 3 nitrogen and oxygen atoms in total. The summed E-state index contributed by atoms with van der Waals surface area (Å²) in [6.45, 7) is 0. The van der Waals surface area contributed by atoms with Gasteiger partial charge in [-0.15, -0.1) is 0 Å². The van der Waals surface area contributed by atoms with E-state index in [-0.39, 0.29) is 4.77 Å². The molecule has 0 unspecified atom stereocenters. The van der Waals surface area contributed by atoms with E-state index in [9.17, 15) is 9.50 Å². The molecule has 92 valence electrons. The van der Waals surface area contributed by atoms with Crippen LogP contribution in [0.5, 0.6) is 5.88 Å². The standard InChI is InChI=1S/C5H2Cl5FN2OS2/c6-4(7,8)16-12-1-2(14)13(3(12)15)5(9,10)11/h1,14H. The Morgan fingerprint density at radius 1 is 1.31 bits per heavy atom. The Balaban J connectivity index is 3.24. The Kier molecular flexibility index (Phi) is 4.61. The minimum Gasteiger partial charge on any atom is -0.493 e. The first-order valence-corrected chi connectivity index (χ1v) is 6.46. The number of alkyl halides is 6. The Hall–Kier alpha value is 0.960. The summed E-state index contributed by atoms with van der Waals surface area (Å²) in [6.07, 6.45) is 1.02. The minimum atomic E-state index is -2.89. The molecule has 1 rings (SSSR count). The lowest BCUT2D eigenvalue weighted by atomic mass is 10.8. The zero-order valence-corrected chi connectivity index (χ0v) is 12.4. The monoisotopic (exact) mass is 364 g/mol. The van der Waals surface area contributed by atoms with Crippen molar-refractivity contribution in [3.05, 3.63) is 11.0 Å². The van der Waals surface area contributed by atoms with Gasteiger partial charge in [-0.05, 0) is 35.4 Å². The van der Waals surface area contributed by atoms with Crippen molar-refractivity contribution in [3.8, 4) is 5.88 Å². The number of imidazole rings is 1. The average Bonchev–Trinajstić information content (AvgIpc) is 2.21.